The molecule has 5 rings (SSSR count). The molecule has 35 heavy (non-hydrogen) atoms. The average molecular weight is 492 g/mol. The lowest BCUT2D eigenvalue weighted by Crippen LogP contribution is -2.49. The molecule has 0 saturated carbocycles. The molecule has 0 unspecified atom stereocenters. The molecule has 1 saturated heterocycles. The van der Waals surface area contributed by atoms with Gasteiger partial charge in [-0.25, -0.2) is 9.78 Å². The van der Waals surface area contributed by atoms with Gasteiger partial charge in [-0.1, -0.05) is 59.9 Å². The topological polar surface area (TPSA) is 109 Å². The summed E-state index contributed by atoms with van der Waals surface area (Å²) < 4.78 is 5.54. The lowest BCUT2D eigenvalue weighted by atomic mass is 9.94. The van der Waals surface area contributed by atoms with Crippen molar-refractivity contribution in [3.05, 3.63) is 70.7 Å². The molecule has 2 aromatic carbocycles. The number of ether oxygens (including phenoxy) is 1. The van der Waals surface area contributed by atoms with E-state index in [0.717, 1.165) is 40.0 Å². The van der Waals surface area contributed by atoms with Crippen molar-refractivity contribution >= 4 is 34.4 Å². The Labute approximate surface area is 206 Å². The van der Waals surface area contributed by atoms with Gasteiger partial charge in [0, 0.05) is 25.4 Å². The van der Waals surface area contributed by atoms with Gasteiger partial charge in [-0.2, -0.15) is 0 Å². The Morgan fingerprint density at radius 3 is 2.37 bits per heavy atom. The zero-order valence-corrected chi connectivity index (χ0v) is 19.8. The highest BCUT2D eigenvalue weighted by Gasteiger charge is 2.32. The second kappa shape index (κ2) is 9.87. The van der Waals surface area contributed by atoms with E-state index in [1.54, 1.807) is 4.90 Å². The van der Waals surface area contributed by atoms with Gasteiger partial charge in [0.15, 0.2) is 5.13 Å². The fourth-order valence-electron chi connectivity index (χ4n) is 4.77. The van der Waals surface area contributed by atoms with Gasteiger partial charge < -0.3 is 14.7 Å². The summed E-state index contributed by atoms with van der Waals surface area (Å²) in [7, 11) is 0. The molecular formula is C26H25N3O5S. The Morgan fingerprint density at radius 2 is 1.71 bits per heavy atom. The number of carboxylic acid groups (broad SMARTS) is 1. The first-order valence-electron chi connectivity index (χ1n) is 11.6. The lowest BCUT2D eigenvalue weighted by molar-refractivity contribution is -0.137. The van der Waals surface area contributed by atoms with E-state index in [4.69, 9.17) is 9.84 Å². The Morgan fingerprint density at radius 1 is 1.06 bits per heavy atom. The van der Waals surface area contributed by atoms with Crippen LogP contribution in [-0.2, 0) is 9.53 Å². The molecule has 2 heterocycles. The first-order valence-corrected chi connectivity index (χ1v) is 12.4. The molecule has 2 aliphatic rings. The normalized spacial score (nSPS) is 14.7. The number of aromatic nitrogens is 1. The quantitative estimate of drug-likeness (QED) is 0.467. The number of benzene rings is 2. The third kappa shape index (κ3) is 4.90. The highest BCUT2D eigenvalue weighted by molar-refractivity contribution is 7.17. The van der Waals surface area contributed by atoms with Crippen LogP contribution in [0, 0.1) is 5.92 Å². The number of hydrogen-bond donors (Lipinski definition) is 2. The smallest absolute Gasteiger partial charge is 0.413 e. The monoisotopic (exact) mass is 491 g/mol. The third-order valence-corrected chi connectivity index (χ3v) is 7.42. The minimum absolute atomic E-state index is 0.0311. The van der Waals surface area contributed by atoms with Crippen LogP contribution in [0.2, 0.25) is 0 Å². The van der Waals surface area contributed by atoms with Gasteiger partial charge in [-0.3, -0.25) is 14.9 Å². The maximum absolute atomic E-state index is 12.6. The summed E-state index contributed by atoms with van der Waals surface area (Å²) in [6.07, 6.45) is 2.43. The summed E-state index contributed by atoms with van der Waals surface area (Å²) in [5, 5.41) is 11.7. The molecule has 0 atom stereocenters. The minimum atomic E-state index is -0.793. The molecule has 2 amide bonds. The van der Waals surface area contributed by atoms with Crippen molar-refractivity contribution in [1.29, 1.82) is 0 Å². The Hall–Kier alpha value is -3.72. The van der Waals surface area contributed by atoms with Crippen LogP contribution in [0.5, 0.6) is 0 Å². The number of nitrogens with zero attached hydrogens (tertiary/aromatic N) is 2. The van der Waals surface area contributed by atoms with Crippen molar-refractivity contribution in [1.82, 2.24) is 9.88 Å². The van der Waals surface area contributed by atoms with Crippen LogP contribution in [0.15, 0.2) is 54.7 Å². The molecule has 0 bridgehead atoms. The molecule has 0 spiro atoms. The van der Waals surface area contributed by atoms with Gasteiger partial charge in [0.2, 0.25) is 0 Å². The molecule has 3 aromatic rings. The number of carboxylic acids is 1. The molecule has 1 aliphatic carbocycles. The van der Waals surface area contributed by atoms with Crippen molar-refractivity contribution in [2.24, 2.45) is 5.92 Å². The number of carbonyl (C=O) groups excluding carboxylic acids is 2. The maximum Gasteiger partial charge on any atom is 0.413 e. The fourth-order valence-corrected chi connectivity index (χ4v) is 5.54. The number of carbonyl (C=O) groups is 3. The number of aliphatic carboxylic acids is 1. The first kappa shape index (κ1) is 23.0. The molecule has 180 valence electrons. The predicted molar refractivity (Wildman–Crippen MR) is 132 cm³/mol. The van der Waals surface area contributed by atoms with Gasteiger partial charge in [0.25, 0.3) is 5.91 Å². The average Bonchev–Trinajstić information content (AvgIpc) is 3.41. The minimum Gasteiger partial charge on any atom is -0.481 e. The highest BCUT2D eigenvalue weighted by Crippen LogP contribution is 2.44. The van der Waals surface area contributed by atoms with E-state index >= 15 is 0 Å². The Bertz CT molecular complexity index is 1220. The molecule has 8 nitrogen and oxygen atoms in total. The van der Waals surface area contributed by atoms with E-state index in [9.17, 15) is 14.4 Å². The van der Waals surface area contributed by atoms with Crippen LogP contribution in [0.1, 0.15) is 46.0 Å². The van der Waals surface area contributed by atoms with Crippen LogP contribution >= 0.6 is 11.3 Å². The van der Waals surface area contributed by atoms with Crippen molar-refractivity contribution in [3.63, 3.8) is 0 Å². The Balaban J connectivity index is 1.12. The molecule has 1 aliphatic heterocycles. The number of hydrogen-bond acceptors (Lipinski definition) is 6. The summed E-state index contributed by atoms with van der Waals surface area (Å²) in [4.78, 5) is 42.0. The van der Waals surface area contributed by atoms with Crippen molar-refractivity contribution < 1.29 is 24.2 Å². The predicted octanol–water partition coefficient (Wildman–Crippen LogP) is 4.83. The highest BCUT2D eigenvalue weighted by atomic mass is 32.1. The van der Waals surface area contributed by atoms with E-state index < -0.39 is 12.1 Å². The van der Waals surface area contributed by atoms with Gasteiger partial charge in [0.1, 0.15) is 11.5 Å². The number of rotatable bonds is 8. The summed E-state index contributed by atoms with van der Waals surface area (Å²) in [5.74, 6) is -0.614. The van der Waals surface area contributed by atoms with Crippen LogP contribution in [-0.4, -0.2) is 52.7 Å². The van der Waals surface area contributed by atoms with E-state index in [0.29, 0.717) is 35.4 Å². The second-order valence-electron chi connectivity index (χ2n) is 8.84. The summed E-state index contributed by atoms with van der Waals surface area (Å²) in [6, 6.07) is 16.3. The van der Waals surface area contributed by atoms with Crippen LogP contribution in [0.4, 0.5) is 9.93 Å². The molecule has 9 heteroatoms. The standard InChI is InChI=1S/C26H25N3O5S/c30-23(31)11-5-6-16-13-29(14-16)24(32)22-12-27-25(35-22)28-26(33)34-15-21-19-9-3-1-7-17(19)18-8-2-4-10-20(18)21/h1-4,7-10,12,16,21H,5-6,11,13-15H2,(H,30,31)(H,27,28,33). The number of fused-ring (bicyclic) bond motifs is 3. The number of likely N-dealkylation sites (tertiary alicyclic amines) is 1. The van der Waals surface area contributed by atoms with Gasteiger partial charge in [-0.15, -0.1) is 0 Å². The van der Waals surface area contributed by atoms with E-state index in [-0.39, 0.29) is 24.9 Å². The SMILES string of the molecule is O=C(O)CCCC1CN(C(=O)c2cnc(NC(=O)OCC3c4ccccc4-c4ccccc43)s2)C1. The summed E-state index contributed by atoms with van der Waals surface area (Å²) in [5.41, 5.74) is 4.60. The number of thiazole rings is 1. The van der Waals surface area contributed by atoms with Gasteiger partial charge >= 0.3 is 12.1 Å². The van der Waals surface area contributed by atoms with E-state index in [1.807, 2.05) is 24.3 Å². The molecular weight excluding hydrogens is 466 g/mol. The molecule has 2 N–H and O–H groups in total. The first-order chi connectivity index (χ1) is 17.0. The van der Waals surface area contributed by atoms with Crippen molar-refractivity contribution in [2.45, 2.75) is 25.2 Å². The number of anilines is 1. The van der Waals surface area contributed by atoms with Crippen LogP contribution in [0.25, 0.3) is 11.1 Å². The zero-order valence-electron chi connectivity index (χ0n) is 19.0. The second-order valence-corrected chi connectivity index (χ2v) is 9.87. The van der Waals surface area contributed by atoms with E-state index in [2.05, 4.69) is 34.6 Å². The third-order valence-electron chi connectivity index (χ3n) is 6.52. The van der Waals surface area contributed by atoms with Gasteiger partial charge in [-0.05, 0) is 41.0 Å². The largest absolute Gasteiger partial charge is 0.481 e. The molecule has 0 radical (unpaired) electrons. The molecule has 1 aromatic heterocycles. The lowest BCUT2D eigenvalue weighted by Gasteiger charge is -2.39. The van der Waals surface area contributed by atoms with Gasteiger partial charge in [0.05, 0.1) is 6.20 Å². The maximum atomic E-state index is 12.6. The zero-order chi connectivity index (χ0) is 24.4. The van der Waals surface area contributed by atoms with Crippen molar-refractivity contribution in [2.75, 3.05) is 25.0 Å². The van der Waals surface area contributed by atoms with Crippen LogP contribution < -0.4 is 5.32 Å². The van der Waals surface area contributed by atoms with Crippen LogP contribution in [0.3, 0.4) is 0 Å². The number of nitrogens with one attached hydrogen (secondary N) is 1. The summed E-state index contributed by atoms with van der Waals surface area (Å²) >= 11 is 1.11. The Kier molecular flexibility index (Phi) is 6.50. The van der Waals surface area contributed by atoms with Crippen molar-refractivity contribution in [3.8, 4) is 11.1 Å². The number of amides is 2. The summed E-state index contributed by atoms with van der Waals surface area (Å²) in [6.45, 7) is 1.44. The molecule has 1 fully saturated rings. The fraction of sp³-hybridized carbons (Fsp3) is 0.308. The van der Waals surface area contributed by atoms with E-state index in [1.165, 1.54) is 6.20 Å².